The molecule has 1 aromatic heterocycles. The van der Waals surface area contributed by atoms with Crippen molar-refractivity contribution in [3.63, 3.8) is 0 Å². The fourth-order valence-corrected chi connectivity index (χ4v) is 4.98. The largest absolute Gasteiger partial charge is 0.455 e. The van der Waals surface area contributed by atoms with Gasteiger partial charge in [-0.2, -0.15) is 13.2 Å². The lowest BCUT2D eigenvalue weighted by Gasteiger charge is -2.43. The van der Waals surface area contributed by atoms with Gasteiger partial charge in [-0.05, 0) is 36.8 Å². The van der Waals surface area contributed by atoms with E-state index in [2.05, 4.69) is 5.32 Å². The van der Waals surface area contributed by atoms with Gasteiger partial charge in [0.2, 0.25) is 5.91 Å². The summed E-state index contributed by atoms with van der Waals surface area (Å²) in [4.78, 5) is 35.5. The van der Waals surface area contributed by atoms with Crippen molar-refractivity contribution in [1.82, 2.24) is 5.32 Å². The molecule has 0 aromatic carbocycles. The first-order valence-electron chi connectivity index (χ1n) is 8.49. The van der Waals surface area contributed by atoms with Gasteiger partial charge in [0.25, 0.3) is 5.78 Å². The van der Waals surface area contributed by atoms with Gasteiger partial charge in [0.05, 0.1) is 21.8 Å². The molecule has 26 heavy (non-hydrogen) atoms. The number of carbonyl (C=O) groups is 3. The molecule has 1 aromatic rings. The molecule has 4 unspecified atom stereocenters. The first-order chi connectivity index (χ1) is 12.2. The topological polar surface area (TPSA) is 89.3 Å². The molecule has 3 N–H and O–H groups in total. The summed E-state index contributed by atoms with van der Waals surface area (Å²) < 4.78 is 37.7. The minimum absolute atomic E-state index is 0.0238. The molecule has 1 saturated carbocycles. The fraction of sp³-hybridized carbons (Fsp3) is 0.588. The Morgan fingerprint density at radius 1 is 1.12 bits per heavy atom. The Morgan fingerprint density at radius 2 is 1.77 bits per heavy atom. The van der Waals surface area contributed by atoms with Crippen molar-refractivity contribution in [3.8, 4) is 0 Å². The zero-order valence-corrected chi connectivity index (χ0v) is 14.7. The number of hydrogen-bond acceptors (Lipinski definition) is 5. The van der Waals surface area contributed by atoms with Crippen LogP contribution in [-0.2, 0) is 4.79 Å². The summed E-state index contributed by atoms with van der Waals surface area (Å²) >= 11 is 0.543. The molecule has 5 nitrogen and oxygen atoms in total. The Kier molecular flexibility index (Phi) is 5.21. The molecule has 142 valence electrons. The monoisotopic (exact) mass is 388 g/mol. The normalized spacial score (nSPS) is 29.0. The summed E-state index contributed by atoms with van der Waals surface area (Å²) in [7, 11) is 0. The highest BCUT2D eigenvalue weighted by molar-refractivity contribution is 7.16. The van der Waals surface area contributed by atoms with Gasteiger partial charge in [-0.25, -0.2) is 0 Å². The van der Waals surface area contributed by atoms with Crippen LogP contribution < -0.4 is 11.1 Å². The number of thiophene rings is 1. The van der Waals surface area contributed by atoms with Gasteiger partial charge in [-0.3, -0.25) is 19.7 Å². The second-order valence-electron chi connectivity index (χ2n) is 6.90. The molecule has 1 aliphatic carbocycles. The number of primary amides is 1. The number of alkyl halides is 3. The minimum atomic E-state index is -4.97. The lowest BCUT2D eigenvalue weighted by Crippen LogP contribution is -2.59. The van der Waals surface area contributed by atoms with Gasteiger partial charge in [0, 0.05) is 0 Å². The summed E-state index contributed by atoms with van der Waals surface area (Å²) in [5, 5.41) is 2.99. The fourth-order valence-electron chi connectivity index (χ4n) is 4.03. The van der Waals surface area contributed by atoms with E-state index in [0.29, 0.717) is 17.8 Å². The van der Waals surface area contributed by atoms with Crippen molar-refractivity contribution in [2.75, 3.05) is 0 Å². The van der Waals surface area contributed by atoms with E-state index in [1.54, 1.807) is 0 Å². The maximum Gasteiger partial charge on any atom is 0.455 e. The number of nitrogens with one attached hydrogen (secondary N) is 1. The number of carbonyl (C=O) groups excluding carboxylic acids is 3. The zero-order valence-electron chi connectivity index (χ0n) is 13.8. The standard InChI is InChI=1S/C17H19F3N2O3S/c18-17(19,20)15(24)12-6-5-11(26-12)14(23)13-9-4-2-1-3-8(9)7-10(22-13)16(21)25/h5-6,8-10,13,22H,1-4,7H2,(H2,21,25). The third-order valence-electron chi connectivity index (χ3n) is 5.27. The lowest BCUT2D eigenvalue weighted by atomic mass is 9.68. The summed E-state index contributed by atoms with van der Waals surface area (Å²) in [6.07, 6.45) is -0.680. The summed E-state index contributed by atoms with van der Waals surface area (Å²) in [5.41, 5.74) is 5.40. The molecular weight excluding hydrogens is 369 g/mol. The molecule has 1 aliphatic heterocycles. The van der Waals surface area contributed by atoms with Crippen molar-refractivity contribution < 1.29 is 27.6 Å². The summed E-state index contributed by atoms with van der Waals surface area (Å²) in [5.74, 6) is -2.66. The van der Waals surface area contributed by atoms with Crippen LogP contribution >= 0.6 is 11.3 Å². The number of piperidine rings is 1. The van der Waals surface area contributed by atoms with Crippen LogP contribution in [0.25, 0.3) is 0 Å². The maximum atomic E-state index is 12.9. The van der Waals surface area contributed by atoms with Crippen molar-refractivity contribution >= 4 is 28.8 Å². The Labute approximate surface area is 152 Å². The molecule has 1 saturated heterocycles. The number of rotatable bonds is 4. The average molecular weight is 388 g/mol. The Morgan fingerprint density at radius 3 is 2.42 bits per heavy atom. The number of halogens is 3. The maximum absolute atomic E-state index is 12.9. The number of amides is 1. The number of Topliss-reactive ketones (excluding diaryl/α,β-unsaturated/α-hetero) is 2. The van der Waals surface area contributed by atoms with Crippen LogP contribution in [0.4, 0.5) is 13.2 Å². The highest BCUT2D eigenvalue weighted by Crippen LogP contribution is 2.40. The van der Waals surface area contributed by atoms with Gasteiger partial charge in [-0.1, -0.05) is 19.3 Å². The van der Waals surface area contributed by atoms with Crippen LogP contribution in [0.3, 0.4) is 0 Å². The lowest BCUT2D eigenvalue weighted by molar-refractivity contribution is -0.121. The van der Waals surface area contributed by atoms with Crippen LogP contribution in [0.2, 0.25) is 0 Å². The number of hydrogen-bond donors (Lipinski definition) is 2. The SMILES string of the molecule is NC(=O)C1CC2CCCCC2C(C(=O)c2ccc(C(=O)C(F)(F)F)s2)N1. The zero-order chi connectivity index (χ0) is 19.1. The van der Waals surface area contributed by atoms with Gasteiger partial charge < -0.3 is 5.73 Å². The van der Waals surface area contributed by atoms with E-state index >= 15 is 0 Å². The average Bonchev–Trinajstić information content (AvgIpc) is 3.08. The molecule has 9 heteroatoms. The molecule has 0 spiro atoms. The predicted molar refractivity (Wildman–Crippen MR) is 89.0 cm³/mol. The highest BCUT2D eigenvalue weighted by Gasteiger charge is 2.44. The van der Waals surface area contributed by atoms with Crippen molar-refractivity contribution in [1.29, 1.82) is 0 Å². The van der Waals surface area contributed by atoms with E-state index in [1.165, 1.54) is 6.07 Å². The van der Waals surface area contributed by atoms with E-state index < -0.39 is 34.8 Å². The third kappa shape index (κ3) is 3.68. The van der Waals surface area contributed by atoms with Gasteiger partial charge in [-0.15, -0.1) is 11.3 Å². The van der Waals surface area contributed by atoms with Crippen LogP contribution in [0.15, 0.2) is 12.1 Å². The predicted octanol–water partition coefficient (Wildman–Crippen LogP) is 2.70. The first-order valence-corrected chi connectivity index (χ1v) is 9.31. The molecule has 0 bridgehead atoms. The molecule has 2 fully saturated rings. The van der Waals surface area contributed by atoms with E-state index in [0.717, 1.165) is 31.7 Å². The minimum Gasteiger partial charge on any atom is -0.368 e. The number of fused-ring (bicyclic) bond motifs is 1. The quantitative estimate of drug-likeness (QED) is 0.776. The number of ketones is 2. The van der Waals surface area contributed by atoms with E-state index in [9.17, 15) is 27.6 Å². The molecule has 3 rings (SSSR count). The smallest absolute Gasteiger partial charge is 0.368 e. The van der Waals surface area contributed by atoms with Crippen LogP contribution in [0.1, 0.15) is 51.4 Å². The van der Waals surface area contributed by atoms with Crippen molar-refractivity contribution in [2.24, 2.45) is 17.6 Å². The second kappa shape index (κ2) is 7.11. The van der Waals surface area contributed by atoms with Gasteiger partial charge in [0.15, 0.2) is 5.78 Å². The molecule has 4 atom stereocenters. The van der Waals surface area contributed by atoms with Gasteiger partial charge in [0.1, 0.15) is 0 Å². The molecular formula is C17H19F3N2O3S. The third-order valence-corrected chi connectivity index (χ3v) is 6.37. The Hall–Kier alpha value is -1.74. The second-order valence-corrected chi connectivity index (χ2v) is 7.98. The van der Waals surface area contributed by atoms with Crippen LogP contribution in [-0.4, -0.2) is 35.7 Å². The van der Waals surface area contributed by atoms with Crippen molar-refractivity contribution in [3.05, 3.63) is 21.9 Å². The number of nitrogens with two attached hydrogens (primary N) is 1. The molecule has 2 aliphatic rings. The Balaban J connectivity index is 1.84. The molecule has 2 heterocycles. The Bertz CT molecular complexity index is 731. The highest BCUT2D eigenvalue weighted by atomic mass is 32.1. The van der Waals surface area contributed by atoms with E-state index in [-0.39, 0.29) is 22.5 Å². The van der Waals surface area contributed by atoms with Gasteiger partial charge >= 0.3 is 6.18 Å². The molecule has 0 radical (unpaired) electrons. The van der Waals surface area contributed by atoms with Crippen LogP contribution in [0, 0.1) is 11.8 Å². The molecule has 1 amide bonds. The summed E-state index contributed by atoms with van der Waals surface area (Å²) in [6, 6.07) is 0.985. The first kappa shape index (κ1) is 19.0. The summed E-state index contributed by atoms with van der Waals surface area (Å²) in [6.45, 7) is 0. The van der Waals surface area contributed by atoms with Crippen molar-refractivity contribution in [2.45, 2.75) is 50.4 Å². The van der Waals surface area contributed by atoms with Crippen LogP contribution in [0.5, 0.6) is 0 Å². The van der Waals surface area contributed by atoms with E-state index in [1.807, 2.05) is 0 Å². The van der Waals surface area contributed by atoms with E-state index in [4.69, 9.17) is 5.73 Å².